The molecule has 3 heterocycles. The standard InChI is InChI=1S/C26H30FN5O3/c1-3-22(33)21-12-20(25(27)23(13-21)34-2)6-4-18-14-29-26(30-15-18)31-24-7-5-19(16-28-24)17-32-8-10-35-11-9-32/h5,7,12-16H,3-4,6,8-11,17H2,1-2H3,(H,28,29,30,31). The van der Waals surface area contributed by atoms with E-state index in [9.17, 15) is 9.18 Å². The van der Waals surface area contributed by atoms with Crippen molar-refractivity contribution in [1.29, 1.82) is 0 Å². The van der Waals surface area contributed by atoms with Crippen molar-refractivity contribution in [1.82, 2.24) is 19.9 Å². The number of carbonyl (C=O) groups is 1. The van der Waals surface area contributed by atoms with E-state index in [2.05, 4.69) is 25.2 Å². The number of hydrogen-bond donors (Lipinski definition) is 1. The van der Waals surface area contributed by atoms with Crippen molar-refractivity contribution in [2.75, 3.05) is 38.7 Å². The molecule has 0 amide bonds. The number of rotatable bonds is 10. The number of morpholine rings is 1. The molecule has 1 fully saturated rings. The molecule has 0 spiro atoms. The van der Waals surface area contributed by atoms with Crippen LogP contribution in [0, 0.1) is 5.82 Å². The van der Waals surface area contributed by atoms with Crippen molar-refractivity contribution in [2.45, 2.75) is 32.7 Å². The molecule has 9 heteroatoms. The first-order valence-corrected chi connectivity index (χ1v) is 11.8. The summed E-state index contributed by atoms with van der Waals surface area (Å²) in [6.07, 6.45) is 6.54. The average Bonchev–Trinajstić information content (AvgIpc) is 2.90. The van der Waals surface area contributed by atoms with E-state index >= 15 is 0 Å². The third-order valence-electron chi connectivity index (χ3n) is 5.94. The number of Topliss-reactive ketones (excluding diaryl/α,β-unsaturated/α-hetero) is 1. The van der Waals surface area contributed by atoms with E-state index in [0.717, 1.165) is 44.0 Å². The molecule has 184 valence electrons. The zero-order valence-electron chi connectivity index (χ0n) is 20.1. The fraction of sp³-hybridized carbons (Fsp3) is 0.385. The van der Waals surface area contributed by atoms with Crippen LogP contribution in [0.3, 0.4) is 0 Å². The lowest BCUT2D eigenvalue weighted by Gasteiger charge is -2.26. The predicted octanol–water partition coefficient (Wildman–Crippen LogP) is 3.97. The summed E-state index contributed by atoms with van der Waals surface area (Å²) in [5.41, 5.74) is 2.89. The monoisotopic (exact) mass is 479 g/mol. The molecule has 35 heavy (non-hydrogen) atoms. The number of benzene rings is 1. The second-order valence-electron chi connectivity index (χ2n) is 8.41. The number of hydrogen-bond acceptors (Lipinski definition) is 8. The molecule has 1 aliphatic heterocycles. The van der Waals surface area contributed by atoms with Crippen LogP contribution in [0.1, 0.15) is 40.4 Å². The number of ether oxygens (including phenoxy) is 2. The number of pyridine rings is 1. The zero-order chi connectivity index (χ0) is 24.6. The van der Waals surface area contributed by atoms with Gasteiger partial charge in [-0.2, -0.15) is 0 Å². The van der Waals surface area contributed by atoms with Gasteiger partial charge in [0.1, 0.15) is 5.82 Å². The molecule has 1 saturated heterocycles. The summed E-state index contributed by atoms with van der Waals surface area (Å²) in [6, 6.07) is 7.01. The molecule has 8 nitrogen and oxygen atoms in total. The molecule has 1 aliphatic rings. The normalized spacial score (nSPS) is 14.0. The summed E-state index contributed by atoms with van der Waals surface area (Å²) < 4.78 is 25.2. The number of nitrogens with zero attached hydrogens (tertiary/aromatic N) is 4. The lowest BCUT2D eigenvalue weighted by molar-refractivity contribution is 0.0341. The first-order chi connectivity index (χ1) is 17.1. The van der Waals surface area contributed by atoms with Gasteiger partial charge in [0.15, 0.2) is 17.3 Å². The first-order valence-electron chi connectivity index (χ1n) is 11.8. The van der Waals surface area contributed by atoms with Crippen LogP contribution in [0.5, 0.6) is 5.75 Å². The Morgan fingerprint density at radius 2 is 1.83 bits per heavy atom. The molecule has 0 aliphatic carbocycles. The van der Waals surface area contributed by atoms with Crippen molar-refractivity contribution in [3.05, 3.63) is 70.9 Å². The van der Waals surface area contributed by atoms with Crippen molar-refractivity contribution in [3.63, 3.8) is 0 Å². The van der Waals surface area contributed by atoms with Gasteiger partial charge in [0.25, 0.3) is 0 Å². The minimum absolute atomic E-state index is 0.0500. The van der Waals surface area contributed by atoms with Crippen molar-refractivity contribution < 1.29 is 18.7 Å². The largest absolute Gasteiger partial charge is 0.494 e. The molecule has 1 N–H and O–H groups in total. The molecular formula is C26H30FN5O3. The number of methoxy groups -OCH3 is 1. The van der Waals surface area contributed by atoms with Gasteiger partial charge in [-0.25, -0.2) is 19.3 Å². The van der Waals surface area contributed by atoms with Crippen LogP contribution in [0.4, 0.5) is 16.2 Å². The predicted molar refractivity (Wildman–Crippen MR) is 131 cm³/mol. The van der Waals surface area contributed by atoms with Crippen LogP contribution in [0.25, 0.3) is 0 Å². The zero-order valence-corrected chi connectivity index (χ0v) is 20.1. The number of aryl methyl sites for hydroxylation is 2. The van der Waals surface area contributed by atoms with Gasteiger partial charge in [0.05, 0.1) is 20.3 Å². The Balaban J connectivity index is 1.34. The van der Waals surface area contributed by atoms with Gasteiger partial charge in [-0.15, -0.1) is 0 Å². The van der Waals surface area contributed by atoms with Gasteiger partial charge in [0, 0.05) is 50.2 Å². The maximum Gasteiger partial charge on any atom is 0.228 e. The molecular weight excluding hydrogens is 449 g/mol. The van der Waals surface area contributed by atoms with E-state index in [1.54, 1.807) is 25.4 Å². The van der Waals surface area contributed by atoms with Crippen molar-refractivity contribution in [3.8, 4) is 5.75 Å². The quantitative estimate of drug-likeness (QED) is 0.437. The number of aromatic nitrogens is 3. The van der Waals surface area contributed by atoms with E-state index in [1.165, 1.54) is 13.2 Å². The van der Waals surface area contributed by atoms with Crippen molar-refractivity contribution >= 4 is 17.5 Å². The number of halogens is 1. The number of ketones is 1. The Morgan fingerprint density at radius 3 is 2.49 bits per heavy atom. The van der Waals surface area contributed by atoms with E-state index < -0.39 is 5.82 Å². The molecule has 0 atom stereocenters. The maximum atomic E-state index is 14.7. The molecule has 0 saturated carbocycles. The Morgan fingerprint density at radius 1 is 1.09 bits per heavy atom. The number of carbonyl (C=O) groups excluding carboxylic acids is 1. The van der Waals surface area contributed by atoms with E-state index in [1.807, 2.05) is 18.3 Å². The van der Waals surface area contributed by atoms with Gasteiger partial charge in [-0.1, -0.05) is 13.0 Å². The molecule has 2 aromatic heterocycles. The summed E-state index contributed by atoms with van der Waals surface area (Å²) in [7, 11) is 1.40. The van der Waals surface area contributed by atoms with E-state index in [4.69, 9.17) is 9.47 Å². The highest BCUT2D eigenvalue weighted by molar-refractivity contribution is 5.96. The molecule has 4 rings (SSSR count). The molecule has 3 aromatic rings. The van der Waals surface area contributed by atoms with Gasteiger partial charge in [0.2, 0.25) is 5.95 Å². The lowest BCUT2D eigenvalue weighted by atomic mass is 10.00. The Kier molecular flexibility index (Phi) is 8.33. The van der Waals surface area contributed by atoms with Crippen LogP contribution in [-0.4, -0.2) is 59.0 Å². The lowest BCUT2D eigenvalue weighted by Crippen LogP contribution is -2.35. The molecule has 1 aromatic carbocycles. The first kappa shape index (κ1) is 24.7. The Labute approximate surface area is 204 Å². The minimum Gasteiger partial charge on any atom is -0.494 e. The highest BCUT2D eigenvalue weighted by atomic mass is 19.1. The average molecular weight is 480 g/mol. The molecule has 0 unspecified atom stereocenters. The molecule has 0 radical (unpaired) electrons. The van der Waals surface area contributed by atoms with Crippen LogP contribution in [0.2, 0.25) is 0 Å². The summed E-state index contributed by atoms with van der Waals surface area (Å²) in [5.74, 6) is 0.688. The summed E-state index contributed by atoms with van der Waals surface area (Å²) in [4.78, 5) is 27.6. The summed E-state index contributed by atoms with van der Waals surface area (Å²) in [5, 5.41) is 3.11. The van der Waals surface area contributed by atoms with Crippen LogP contribution >= 0.6 is 0 Å². The Bertz CT molecular complexity index is 1130. The molecule has 0 bridgehead atoms. The van der Waals surface area contributed by atoms with Crippen LogP contribution < -0.4 is 10.1 Å². The van der Waals surface area contributed by atoms with E-state index in [-0.39, 0.29) is 11.5 Å². The minimum atomic E-state index is -0.442. The second-order valence-corrected chi connectivity index (χ2v) is 8.41. The fourth-order valence-corrected chi connectivity index (χ4v) is 3.90. The van der Waals surface area contributed by atoms with Gasteiger partial charge < -0.3 is 14.8 Å². The van der Waals surface area contributed by atoms with Crippen LogP contribution in [0.15, 0.2) is 42.9 Å². The third kappa shape index (κ3) is 6.58. The maximum absolute atomic E-state index is 14.7. The smallest absolute Gasteiger partial charge is 0.228 e. The highest BCUT2D eigenvalue weighted by Crippen LogP contribution is 2.25. The summed E-state index contributed by atoms with van der Waals surface area (Å²) >= 11 is 0. The Hall–Kier alpha value is -3.43. The van der Waals surface area contributed by atoms with Crippen LogP contribution in [-0.2, 0) is 24.1 Å². The van der Waals surface area contributed by atoms with Gasteiger partial charge >= 0.3 is 0 Å². The summed E-state index contributed by atoms with van der Waals surface area (Å²) in [6.45, 7) is 6.04. The SMILES string of the molecule is CCC(=O)c1cc(CCc2cnc(Nc3ccc(CN4CCOCC4)cn3)nc2)c(F)c(OC)c1. The van der Waals surface area contributed by atoms with E-state index in [0.29, 0.717) is 42.2 Å². The number of nitrogens with one attached hydrogen (secondary N) is 1. The highest BCUT2D eigenvalue weighted by Gasteiger charge is 2.15. The van der Waals surface area contributed by atoms with Gasteiger partial charge in [-0.05, 0) is 47.7 Å². The topological polar surface area (TPSA) is 89.5 Å². The third-order valence-corrected chi connectivity index (χ3v) is 5.94. The fourth-order valence-electron chi connectivity index (χ4n) is 3.90. The van der Waals surface area contributed by atoms with Crippen molar-refractivity contribution in [2.24, 2.45) is 0 Å². The van der Waals surface area contributed by atoms with Gasteiger partial charge in [-0.3, -0.25) is 9.69 Å². The second kappa shape index (κ2) is 11.8. The number of anilines is 2.